The summed E-state index contributed by atoms with van der Waals surface area (Å²) in [6.45, 7) is 4.97. The van der Waals surface area contributed by atoms with E-state index in [1.807, 2.05) is 49.1 Å². The lowest BCUT2D eigenvalue weighted by atomic mass is 10.2. The number of nitrogens with one attached hydrogen (secondary N) is 1. The van der Waals surface area contributed by atoms with Gasteiger partial charge in [0.15, 0.2) is 0 Å². The summed E-state index contributed by atoms with van der Waals surface area (Å²) < 4.78 is 0. The molecule has 0 bridgehead atoms. The molecule has 0 aliphatic carbocycles. The second-order valence-corrected chi connectivity index (χ2v) is 4.60. The Hall–Kier alpha value is -1.99. The molecule has 0 aromatic heterocycles. The molecular weight excluding hydrogens is 274 g/mol. The van der Waals surface area contributed by atoms with Crippen LogP contribution in [0.25, 0.3) is 0 Å². The molecule has 0 unspecified atom stereocenters. The van der Waals surface area contributed by atoms with Crippen LogP contribution in [0.2, 0.25) is 0 Å². The second-order valence-electron chi connectivity index (χ2n) is 4.22. The standard InChI is InChI=1S/C15H18ClN3O/c1-3-19(14-6-4-5-12(2)9-14)11-13(10-17)15(20)18-8-7-16/h4-6,9,11H,3,7-8H2,1-2H3,(H,18,20)/b13-11-. The van der Waals surface area contributed by atoms with E-state index in [0.717, 1.165) is 11.3 Å². The number of amides is 1. The molecule has 5 heteroatoms. The van der Waals surface area contributed by atoms with E-state index in [2.05, 4.69) is 5.32 Å². The molecule has 0 saturated carbocycles. The van der Waals surface area contributed by atoms with Crippen molar-refractivity contribution >= 4 is 23.2 Å². The highest BCUT2D eigenvalue weighted by Crippen LogP contribution is 2.17. The average Bonchev–Trinajstić information content (AvgIpc) is 2.46. The first-order chi connectivity index (χ1) is 9.62. The van der Waals surface area contributed by atoms with Gasteiger partial charge in [0, 0.05) is 30.9 Å². The quantitative estimate of drug-likeness (QED) is 0.498. The molecule has 20 heavy (non-hydrogen) atoms. The Balaban J connectivity index is 2.96. The Morgan fingerprint density at radius 2 is 2.30 bits per heavy atom. The highest BCUT2D eigenvalue weighted by atomic mass is 35.5. The van der Waals surface area contributed by atoms with Crippen molar-refractivity contribution in [3.8, 4) is 6.07 Å². The van der Waals surface area contributed by atoms with E-state index in [-0.39, 0.29) is 5.57 Å². The second kappa shape index (κ2) is 8.23. The third kappa shape index (κ3) is 4.60. The molecule has 0 aliphatic heterocycles. The molecule has 4 nitrogen and oxygen atoms in total. The third-order valence-electron chi connectivity index (χ3n) is 2.70. The van der Waals surface area contributed by atoms with Crippen molar-refractivity contribution in [3.05, 3.63) is 41.6 Å². The maximum absolute atomic E-state index is 11.8. The average molecular weight is 292 g/mol. The van der Waals surface area contributed by atoms with E-state index >= 15 is 0 Å². The fourth-order valence-corrected chi connectivity index (χ4v) is 1.80. The number of carbonyl (C=O) groups excluding carboxylic acids is 1. The van der Waals surface area contributed by atoms with Crippen molar-refractivity contribution in [1.29, 1.82) is 5.26 Å². The maximum Gasteiger partial charge on any atom is 0.263 e. The molecule has 1 rings (SSSR count). The first kappa shape index (κ1) is 16.1. The number of nitrogens with zero attached hydrogens (tertiary/aromatic N) is 2. The van der Waals surface area contributed by atoms with Gasteiger partial charge in [-0.05, 0) is 31.5 Å². The predicted molar refractivity (Wildman–Crippen MR) is 81.6 cm³/mol. The summed E-state index contributed by atoms with van der Waals surface area (Å²) in [5.41, 5.74) is 2.14. The van der Waals surface area contributed by atoms with Gasteiger partial charge in [-0.2, -0.15) is 5.26 Å². The minimum atomic E-state index is -0.403. The van der Waals surface area contributed by atoms with Gasteiger partial charge < -0.3 is 10.2 Å². The highest BCUT2D eigenvalue weighted by Gasteiger charge is 2.11. The molecule has 0 aliphatic rings. The van der Waals surface area contributed by atoms with Crippen molar-refractivity contribution in [3.63, 3.8) is 0 Å². The number of nitriles is 1. The summed E-state index contributed by atoms with van der Waals surface area (Å²) in [6.07, 6.45) is 1.57. The molecule has 1 aromatic carbocycles. The molecule has 1 aromatic rings. The van der Waals surface area contributed by atoms with Crippen molar-refractivity contribution in [2.45, 2.75) is 13.8 Å². The number of hydrogen-bond acceptors (Lipinski definition) is 3. The van der Waals surface area contributed by atoms with Crippen LogP contribution in [-0.4, -0.2) is 24.9 Å². The number of carbonyl (C=O) groups is 1. The van der Waals surface area contributed by atoms with Gasteiger partial charge in [-0.3, -0.25) is 4.79 Å². The zero-order valence-corrected chi connectivity index (χ0v) is 12.4. The van der Waals surface area contributed by atoms with E-state index in [4.69, 9.17) is 16.9 Å². The summed E-state index contributed by atoms with van der Waals surface area (Å²) >= 11 is 5.51. The Kier molecular flexibility index (Phi) is 6.61. The Morgan fingerprint density at radius 1 is 1.55 bits per heavy atom. The molecule has 0 saturated heterocycles. The van der Waals surface area contributed by atoms with Gasteiger partial charge in [-0.1, -0.05) is 12.1 Å². The predicted octanol–water partition coefficient (Wildman–Crippen LogP) is 2.58. The summed E-state index contributed by atoms with van der Waals surface area (Å²) in [5, 5.41) is 11.7. The molecule has 0 heterocycles. The van der Waals surface area contributed by atoms with Crippen LogP contribution >= 0.6 is 11.6 Å². The molecule has 1 amide bonds. The Labute approximate surface area is 124 Å². The molecule has 106 valence electrons. The van der Waals surface area contributed by atoms with Gasteiger partial charge in [-0.25, -0.2) is 0 Å². The smallest absolute Gasteiger partial charge is 0.263 e. The van der Waals surface area contributed by atoms with Gasteiger partial charge >= 0.3 is 0 Å². The maximum atomic E-state index is 11.8. The van der Waals surface area contributed by atoms with E-state index in [9.17, 15) is 4.79 Å². The lowest BCUT2D eigenvalue weighted by Crippen LogP contribution is -2.28. The van der Waals surface area contributed by atoms with Crippen molar-refractivity contribution in [2.24, 2.45) is 0 Å². The van der Waals surface area contributed by atoms with Crippen LogP contribution in [0.15, 0.2) is 36.0 Å². The third-order valence-corrected chi connectivity index (χ3v) is 2.89. The first-order valence-electron chi connectivity index (χ1n) is 6.41. The number of aryl methyl sites for hydroxylation is 1. The van der Waals surface area contributed by atoms with Crippen LogP contribution in [0.4, 0.5) is 5.69 Å². The lowest BCUT2D eigenvalue weighted by Gasteiger charge is -2.19. The summed E-state index contributed by atoms with van der Waals surface area (Å²) in [4.78, 5) is 13.7. The largest absolute Gasteiger partial charge is 0.350 e. The van der Waals surface area contributed by atoms with E-state index in [1.165, 1.54) is 0 Å². The van der Waals surface area contributed by atoms with Crippen LogP contribution in [0.3, 0.4) is 0 Å². The zero-order chi connectivity index (χ0) is 15.0. The molecule has 0 fully saturated rings. The number of anilines is 1. The molecule has 0 radical (unpaired) electrons. The van der Waals surface area contributed by atoms with Crippen molar-refractivity contribution in [1.82, 2.24) is 5.32 Å². The van der Waals surface area contributed by atoms with Gasteiger partial charge in [0.2, 0.25) is 0 Å². The van der Waals surface area contributed by atoms with Crippen LogP contribution in [0, 0.1) is 18.3 Å². The van der Waals surface area contributed by atoms with E-state index in [1.54, 1.807) is 6.20 Å². The van der Waals surface area contributed by atoms with Crippen LogP contribution in [0.5, 0.6) is 0 Å². The minimum Gasteiger partial charge on any atom is -0.350 e. The number of benzene rings is 1. The van der Waals surface area contributed by atoms with Crippen LogP contribution in [0.1, 0.15) is 12.5 Å². The fourth-order valence-electron chi connectivity index (χ4n) is 1.71. The topological polar surface area (TPSA) is 56.1 Å². The summed E-state index contributed by atoms with van der Waals surface area (Å²) in [5.74, 6) is -0.0842. The normalized spacial score (nSPS) is 10.8. The molecular formula is C15H18ClN3O. The van der Waals surface area contributed by atoms with Gasteiger partial charge in [-0.15, -0.1) is 11.6 Å². The van der Waals surface area contributed by atoms with E-state index < -0.39 is 5.91 Å². The van der Waals surface area contributed by atoms with Gasteiger partial charge in [0.05, 0.1) is 0 Å². The number of alkyl halides is 1. The lowest BCUT2D eigenvalue weighted by molar-refractivity contribution is -0.117. The first-order valence-corrected chi connectivity index (χ1v) is 6.95. The highest BCUT2D eigenvalue weighted by molar-refractivity contribution is 6.18. The number of hydrogen-bond donors (Lipinski definition) is 1. The monoisotopic (exact) mass is 291 g/mol. The number of rotatable bonds is 6. The molecule has 1 N–H and O–H groups in total. The summed E-state index contributed by atoms with van der Waals surface area (Å²) in [6, 6.07) is 9.82. The van der Waals surface area contributed by atoms with E-state index in [0.29, 0.717) is 19.0 Å². The van der Waals surface area contributed by atoms with Gasteiger partial charge in [0.1, 0.15) is 11.6 Å². The Bertz CT molecular complexity index is 534. The Morgan fingerprint density at radius 3 is 2.85 bits per heavy atom. The fraction of sp³-hybridized carbons (Fsp3) is 0.333. The molecule has 0 spiro atoms. The summed E-state index contributed by atoms with van der Waals surface area (Å²) in [7, 11) is 0. The van der Waals surface area contributed by atoms with Crippen LogP contribution in [-0.2, 0) is 4.79 Å². The number of halogens is 1. The van der Waals surface area contributed by atoms with Gasteiger partial charge in [0.25, 0.3) is 5.91 Å². The van der Waals surface area contributed by atoms with Crippen molar-refractivity contribution < 1.29 is 4.79 Å². The molecule has 0 atom stereocenters. The van der Waals surface area contributed by atoms with Crippen molar-refractivity contribution in [2.75, 3.05) is 23.9 Å². The SMILES string of the molecule is CCN(/C=C(/C#N)C(=O)NCCCl)c1cccc(C)c1. The minimum absolute atomic E-state index is 0.0680. The zero-order valence-electron chi connectivity index (χ0n) is 11.7. The van der Waals surface area contributed by atoms with Crippen LogP contribution < -0.4 is 10.2 Å².